The lowest BCUT2D eigenvalue weighted by atomic mass is 9.47. The predicted molar refractivity (Wildman–Crippen MR) is 165 cm³/mol. The minimum atomic E-state index is -1.10. The molecular weight excluding hydrogens is 542 g/mol. The van der Waals surface area contributed by atoms with E-state index < -0.39 is 29.9 Å². The number of rotatable bonds is 7. The van der Waals surface area contributed by atoms with Gasteiger partial charge in [-0.25, -0.2) is 0 Å². The maximum atomic E-state index is 12.9. The molecule has 0 bridgehead atoms. The molecule has 4 aliphatic rings. The van der Waals surface area contributed by atoms with Crippen LogP contribution < -0.4 is 5.32 Å². The summed E-state index contributed by atoms with van der Waals surface area (Å²) in [5.41, 5.74) is 3.77. The van der Waals surface area contributed by atoms with Crippen molar-refractivity contribution in [2.45, 2.75) is 91.7 Å². The largest absolute Gasteiger partial charge is 0.461 e. The van der Waals surface area contributed by atoms with Gasteiger partial charge in [-0.15, -0.1) is 0 Å². The van der Waals surface area contributed by atoms with Gasteiger partial charge < -0.3 is 20.1 Å². The van der Waals surface area contributed by atoms with Crippen LogP contribution in [0.5, 0.6) is 0 Å². The van der Waals surface area contributed by atoms with Crippen LogP contribution >= 0.6 is 0 Å². The Morgan fingerprint density at radius 1 is 1.12 bits per heavy atom. The Morgan fingerprint density at radius 3 is 2.53 bits per heavy atom. The molecule has 7 unspecified atom stereocenters. The number of likely N-dealkylation sites (N-methyl/N-ethyl adjacent to an activating group) is 1. The van der Waals surface area contributed by atoms with Crippen LogP contribution in [-0.4, -0.2) is 65.1 Å². The molecule has 5 rings (SSSR count). The average Bonchev–Trinajstić information content (AvgIpc) is 3.32. The van der Waals surface area contributed by atoms with E-state index in [0.717, 1.165) is 32.1 Å². The summed E-state index contributed by atoms with van der Waals surface area (Å²) in [5.74, 6) is 0.583. The number of esters is 1. The first-order chi connectivity index (χ1) is 20.3. The van der Waals surface area contributed by atoms with E-state index in [2.05, 4.69) is 42.4 Å². The molecule has 43 heavy (non-hydrogen) atoms. The lowest BCUT2D eigenvalue weighted by Crippen LogP contribution is -2.53. The molecule has 0 aliphatic heterocycles. The Labute approximate surface area is 256 Å². The number of aromatic nitrogens is 1. The topological polar surface area (TPSA) is 109 Å². The number of carbonyl (C=O) groups is 3. The molecule has 1 heterocycles. The number of nitrogens with zero attached hydrogens (tertiary/aromatic N) is 2. The van der Waals surface area contributed by atoms with Crippen LogP contribution in [0.2, 0.25) is 0 Å². The molecular formula is C35H49N3O5. The Bertz CT molecular complexity index is 1300. The normalized spacial score (nSPS) is 32.3. The van der Waals surface area contributed by atoms with Crippen molar-refractivity contribution < 1.29 is 24.2 Å². The van der Waals surface area contributed by atoms with E-state index in [-0.39, 0.29) is 29.4 Å². The summed E-state index contributed by atoms with van der Waals surface area (Å²) in [6.07, 6.45) is 15.7. The Balaban J connectivity index is 1.19. The molecule has 0 saturated heterocycles. The predicted octanol–water partition coefficient (Wildman–Crippen LogP) is 4.93. The monoisotopic (exact) mass is 591 g/mol. The molecule has 7 atom stereocenters. The first kappa shape index (κ1) is 31.4. The maximum absolute atomic E-state index is 12.9. The Hall–Kier alpha value is -3.00. The van der Waals surface area contributed by atoms with Crippen LogP contribution in [0.3, 0.4) is 0 Å². The van der Waals surface area contributed by atoms with Crippen LogP contribution in [0.4, 0.5) is 0 Å². The fraction of sp³-hybridized carbons (Fsp3) is 0.657. The van der Waals surface area contributed by atoms with Crippen LogP contribution in [0.15, 0.2) is 42.3 Å². The van der Waals surface area contributed by atoms with E-state index >= 15 is 0 Å². The highest BCUT2D eigenvalue weighted by Crippen LogP contribution is 2.66. The summed E-state index contributed by atoms with van der Waals surface area (Å²) in [6.45, 7) is 9.33. The van der Waals surface area contributed by atoms with Gasteiger partial charge in [-0.1, -0.05) is 58.4 Å². The van der Waals surface area contributed by atoms with Gasteiger partial charge in [0, 0.05) is 31.3 Å². The number of ether oxygens (including phenoxy) is 1. The maximum Gasteiger partial charge on any atom is 0.325 e. The second-order valence-electron chi connectivity index (χ2n) is 14.8. The van der Waals surface area contributed by atoms with E-state index in [9.17, 15) is 19.5 Å². The van der Waals surface area contributed by atoms with E-state index in [1.54, 1.807) is 20.8 Å². The highest BCUT2D eigenvalue weighted by molar-refractivity contribution is 5.91. The molecule has 1 aromatic rings. The van der Waals surface area contributed by atoms with Gasteiger partial charge in [-0.05, 0) is 84.3 Å². The van der Waals surface area contributed by atoms with Gasteiger partial charge in [-0.2, -0.15) is 0 Å². The summed E-state index contributed by atoms with van der Waals surface area (Å²) in [6, 6.07) is 3.13. The van der Waals surface area contributed by atoms with Crippen LogP contribution in [-0.2, 0) is 19.1 Å². The lowest BCUT2D eigenvalue weighted by Gasteiger charge is -2.57. The van der Waals surface area contributed by atoms with Gasteiger partial charge in [0.2, 0.25) is 11.8 Å². The molecule has 2 amide bonds. The number of allylic oxidation sites excluding steroid dienone is 3. The third-order valence-electron chi connectivity index (χ3n) is 11.1. The number of hydrogen-bond donors (Lipinski definition) is 2. The quantitative estimate of drug-likeness (QED) is 0.344. The fourth-order valence-electron chi connectivity index (χ4n) is 8.59. The summed E-state index contributed by atoms with van der Waals surface area (Å²) in [4.78, 5) is 43.7. The molecule has 8 nitrogen and oxygen atoms in total. The van der Waals surface area contributed by atoms with Crippen LogP contribution in [0.1, 0.15) is 85.1 Å². The molecule has 8 heteroatoms. The van der Waals surface area contributed by atoms with Gasteiger partial charge in [0.05, 0.1) is 6.61 Å². The zero-order chi connectivity index (χ0) is 31.2. The van der Waals surface area contributed by atoms with E-state index in [0.29, 0.717) is 17.8 Å². The number of fused-ring (bicyclic) bond motifs is 5. The SMILES string of the molecule is CN(CC(=O)OC1CCC2(C)C(=CCC3C2CCC2(C)C(c4cccnc4)=CCC32)C1)C(=O)C(CO)NC(=O)C(C)(C)C. The standard InChI is InChI=1S/C35H49N3O5/c1-33(2,3)32(42)37-29(21-39)31(41)38(6)20-30(40)43-24-13-15-34(4)23(18-24)9-10-25-27-12-11-26(22-8-7-17-36-19-22)35(27,5)16-14-28(25)34/h7-9,11,17,19,24-25,27-29,39H,10,12-16,18,20-21H2,1-6H3,(H,37,42). The zero-order valence-electron chi connectivity index (χ0n) is 26.7. The number of aliphatic hydroxyl groups excluding tert-OH is 1. The molecule has 0 aromatic carbocycles. The van der Waals surface area contributed by atoms with Crippen molar-refractivity contribution in [3.05, 3.63) is 47.8 Å². The van der Waals surface area contributed by atoms with Gasteiger partial charge in [0.25, 0.3) is 0 Å². The summed E-state index contributed by atoms with van der Waals surface area (Å²) in [5, 5.41) is 12.3. The second-order valence-corrected chi connectivity index (χ2v) is 14.8. The molecule has 2 fully saturated rings. The van der Waals surface area contributed by atoms with E-state index in [4.69, 9.17) is 4.74 Å². The number of amides is 2. The van der Waals surface area contributed by atoms with Crippen molar-refractivity contribution in [1.82, 2.24) is 15.2 Å². The van der Waals surface area contributed by atoms with Gasteiger partial charge in [0.15, 0.2) is 0 Å². The lowest BCUT2D eigenvalue weighted by molar-refractivity contribution is -0.155. The molecule has 234 valence electrons. The van der Waals surface area contributed by atoms with Gasteiger partial charge >= 0.3 is 5.97 Å². The minimum absolute atomic E-state index is 0.122. The molecule has 1 aromatic heterocycles. The fourth-order valence-corrected chi connectivity index (χ4v) is 8.59. The van der Waals surface area contributed by atoms with Gasteiger partial charge in [-0.3, -0.25) is 19.4 Å². The third-order valence-corrected chi connectivity index (χ3v) is 11.1. The summed E-state index contributed by atoms with van der Waals surface area (Å²) < 4.78 is 5.90. The molecule has 2 N–H and O–H groups in total. The number of carbonyl (C=O) groups excluding carboxylic acids is 3. The van der Waals surface area contributed by atoms with Crippen LogP contribution in [0, 0.1) is 34.0 Å². The number of nitrogens with one attached hydrogen (secondary N) is 1. The van der Waals surface area contributed by atoms with E-state index in [1.165, 1.54) is 41.5 Å². The zero-order valence-corrected chi connectivity index (χ0v) is 26.7. The molecule has 0 spiro atoms. The molecule has 2 saturated carbocycles. The number of pyridine rings is 1. The van der Waals surface area contributed by atoms with Crippen molar-refractivity contribution in [2.75, 3.05) is 20.2 Å². The average molecular weight is 592 g/mol. The Kier molecular flexibility index (Phi) is 8.64. The summed E-state index contributed by atoms with van der Waals surface area (Å²) in [7, 11) is 1.49. The highest BCUT2D eigenvalue weighted by atomic mass is 16.5. The van der Waals surface area contributed by atoms with Gasteiger partial charge in [0.1, 0.15) is 18.7 Å². The van der Waals surface area contributed by atoms with Crippen molar-refractivity contribution in [1.29, 1.82) is 0 Å². The molecule has 4 aliphatic carbocycles. The van der Waals surface area contributed by atoms with Crippen LogP contribution in [0.25, 0.3) is 5.57 Å². The first-order valence-corrected chi connectivity index (χ1v) is 15.9. The van der Waals surface area contributed by atoms with Crippen molar-refractivity contribution in [3.63, 3.8) is 0 Å². The first-order valence-electron chi connectivity index (χ1n) is 15.9. The van der Waals surface area contributed by atoms with Crippen molar-refractivity contribution in [3.8, 4) is 0 Å². The Morgan fingerprint density at radius 2 is 1.86 bits per heavy atom. The molecule has 0 radical (unpaired) electrons. The summed E-state index contributed by atoms with van der Waals surface area (Å²) >= 11 is 0. The third kappa shape index (κ3) is 5.92. The number of aliphatic hydroxyl groups is 1. The smallest absolute Gasteiger partial charge is 0.325 e. The highest BCUT2D eigenvalue weighted by Gasteiger charge is 2.57. The second kappa shape index (κ2) is 11.8. The van der Waals surface area contributed by atoms with E-state index in [1.807, 2.05) is 18.5 Å². The number of hydrogen-bond acceptors (Lipinski definition) is 6. The van der Waals surface area contributed by atoms with Crippen molar-refractivity contribution >= 4 is 23.4 Å². The van der Waals surface area contributed by atoms with Crippen molar-refractivity contribution in [2.24, 2.45) is 34.0 Å². The minimum Gasteiger partial charge on any atom is -0.461 e.